The Labute approximate surface area is 264 Å². The third-order valence-electron chi connectivity index (χ3n) is 10.0. The van der Waals surface area contributed by atoms with Crippen molar-refractivity contribution in [2.24, 2.45) is 5.92 Å². The van der Waals surface area contributed by atoms with Gasteiger partial charge in [-0.05, 0) is 78.9 Å². The van der Waals surface area contributed by atoms with Gasteiger partial charge >= 0.3 is 0 Å². The fraction of sp³-hybridized carbons (Fsp3) is 0.136. The summed E-state index contributed by atoms with van der Waals surface area (Å²) in [5.74, 6) is 1.20. The highest BCUT2D eigenvalue weighted by Crippen LogP contribution is 2.45. The van der Waals surface area contributed by atoms with Crippen LogP contribution < -0.4 is 0 Å². The number of furan rings is 1. The van der Waals surface area contributed by atoms with Crippen LogP contribution in [0.5, 0.6) is 0 Å². The number of fused-ring (bicyclic) bond motifs is 5. The highest BCUT2D eigenvalue weighted by molar-refractivity contribution is 6.21. The zero-order valence-corrected chi connectivity index (χ0v) is 26.0. The first-order valence-corrected chi connectivity index (χ1v) is 16.2. The summed E-state index contributed by atoms with van der Waals surface area (Å²) in [4.78, 5) is 0. The minimum Gasteiger partial charge on any atom is -0.455 e. The Morgan fingerprint density at radius 1 is 0.489 bits per heavy atom. The summed E-state index contributed by atoms with van der Waals surface area (Å²) in [6, 6.07) is 50.9. The summed E-state index contributed by atoms with van der Waals surface area (Å²) >= 11 is 0. The largest absolute Gasteiger partial charge is 0.455 e. The smallest absolute Gasteiger partial charge is 0.143 e. The Balaban J connectivity index is 1.33. The van der Waals surface area contributed by atoms with E-state index >= 15 is 0 Å². The van der Waals surface area contributed by atoms with E-state index in [-0.39, 0.29) is 0 Å². The van der Waals surface area contributed by atoms with E-state index < -0.39 is 0 Å². The van der Waals surface area contributed by atoms with Crippen LogP contribution in [0.1, 0.15) is 38.7 Å². The van der Waals surface area contributed by atoms with Gasteiger partial charge in [-0.15, -0.1) is 0 Å². The lowest BCUT2D eigenvalue weighted by atomic mass is 9.84. The van der Waals surface area contributed by atoms with Gasteiger partial charge in [0.15, 0.2) is 0 Å². The zero-order valence-electron chi connectivity index (χ0n) is 26.0. The first-order valence-electron chi connectivity index (χ1n) is 16.2. The highest BCUT2D eigenvalue weighted by atomic mass is 16.3. The van der Waals surface area contributed by atoms with Crippen LogP contribution in [0.15, 0.2) is 144 Å². The zero-order chi connectivity index (χ0) is 30.5. The van der Waals surface area contributed by atoms with Crippen LogP contribution >= 0.6 is 0 Å². The lowest BCUT2D eigenvalue weighted by molar-refractivity contribution is 0.473. The molecule has 8 rings (SSSR count). The molecule has 0 aliphatic carbocycles. The number of para-hydroxylation sites is 2. The molecule has 0 N–H and O–H groups in total. The first-order chi connectivity index (χ1) is 22.1. The van der Waals surface area contributed by atoms with Crippen molar-refractivity contribution in [3.8, 4) is 33.4 Å². The summed E-state index contributed by atoms with van der Waals surface area (Å²) in [6.07, 6.45) is 1.19. The molecule has 0 bridgehead atoms. The van der Waals surface area contributed by atoms with E-state index in [0.29, 0.717) is 11.8 Å². The summed E-state index contributed by atoms with van der Waals surface area (Å²) in [5.41, 5.74) is 10.6. The van der Waals surface area contributed by atoms with Gasteiger partial charge in [0.2, 0.25) is 0 Å². The minimum absolute atomic E-state index is 0.539. The molecule has 45 heavy (non-hydrogen) atoms. The molecule has 0 radical (unpaired) electrons. The van der Waals surface area contributed by atoms with E-state index in [1.54, 1.807) is 0 Å². The third kappa shape index (κ3) is 4.54. The number of benzene rings is 7. The van der Waals surface area contributed by atoms with E-state index in [1.807, 2.05) is 6.07 Å². The van der Waals surface area contributed by atoms with E-state index in [4.69, 9.17) is 4.42 Å². The molecule has 0 aliphatic rings. The Bertz CT molecular complexity index is 2280. The first kappa shape index (κ1) is 27.4. The third-order valence-corrected chi connectivity index (χ3v) is 10.0. The molecule has 8 aromatic rings. The maximum Gasteiger partial charge on any atom is 0.143 e. The average Bonchev–Trinajstić information content (AvgIpc) is 3.49. The second kappa shape index (κ2) is 11.1. The minimum atomic E-state index is 0.539. The fourth-order valence-electron chi connectivity index (χ4n) is 7.20. The number of rotatable bonds is 6. The Kier molecular flexibility index (Phi) is 6.76. The maximum atomic E-state index is 6.43. The van der Waals surface area contributed by atoms with Crippen LogP contribution in [-0.4, -0.2) is 0 Å². The molecule has 1 nitrogen and oxygen atoms in total. The monoisotopic (exact) mass is 580 g/mol. The second-order valence-corrected chi connectivity index (χ2v) is 12.5. The predicted octanol–water partition coefficient (Wildman–Crippen LogP) is 13.0. The SMILES string of the molecule is CCC(C)C(C)c1ccc(-c2c3ccccc3c(-c3cccc(-c4cccc5c4oc4ccccc45)c3)c3ccccc23)cc1. The fourth-order valence-corrected chi connectivity index (χ4v) is 7.20. The van der Waals surface area contributed by atoms with Gasteiger partial charge in [0.25, 0.3) is 0 Å². The normalized spacial score (nSPS) is 13.1. The van der Waals surface area contributed by atoms with Gasteiger partial charge in [0, 0.05) is 16.3 Å². The predicted molar refractivity (Wildman–Crippen MR) is 193 cm³/mol. The van der Waals surface area contributed by atoms with Crippen molar-refractivity contribution in [3.05, 3.63) is 145 Å². The molecule has 0 amide bonds. The molecule has 218 valence electrons. The number of hydrogen-bond acceptors (Lipinski definition) is 1. The van der Waals surface area contributed by atoms with E-state index in [0.717, 1.165) is 33.1 Å². The Morgan fingerprint density at radius 3 is 1.67 bits per heavy atom. The van der Waals surface area contributed by atoms with E-state index in [9.17, 15) is 0 Å². The summed E-state index contributed by atoms with van der Waals surface area (Å²) in [5, 5.41) is 7.39. The molecule has 0 aliphatic heterocycles. The van der Waals surface area contributed by atoms with Crippen LogP contribution in [0.2, 0.25) is 0 Å². The van der Waals surface area contributed by atoms with Gasteiger partial charge in [-0.25, -0.2) is 0 Å². The molecule has 0 fully saturated rings. The van der Waals surface area contributed by atoms with Gasteiger partial charge in [0.05, 0.1) is 0 Å². The summed E-state index contributed by atoms with van der Waals surface area (Å²) in [7, 11) is 0. The van der Waals surface area contributed by atoms with Crippen LogP contribution in [0.25, 0.3) is 76.9 Å². The number of hydrogen-bond donors (Lipinski definition) is 0. The van der Waals surface area contributed by atoms with Crippen molar-refractivity contribution < 1.29 is 4.42 Å². The molecule has 0 saturated carbocycles. The molecule has 7 aromatic carbocycles. The topological polar surface area (TPSA) is 13.1 Å². The Morgan fingerprint density at radius 2 is 1.02 bits per heavy atom. The average molecular weight is 581 g/mol. The molecule has 2 atom stereocenters. The van der Waals surface area contributed by atoms with Crippen LogP contribution in [0.4, 0.5) is 0 Å². The van der Waals surface area contributed by atoms with Gasteiger partial charge < -0.3 is 4.42 Å². The molecule has 2 unspecified atom stereocenters. The summed E-state index contributed by atoms with van der Waals surface area (Å²) < 4.78 is 6.43. The van der Waals surface area contributed by atoms with E-state index in [1.165, 1.54) is 55.8 Å². The van der Waals surface area contributed by atoms with Gasteiger partial charge in [-0.1, -0.05) is 155 Å². The van der Waals surface area contributed by atoms with E-state index in [2.05, 4.69) is 154 Å². The second-order valence-electron chi connectivity index (χ2n) is 12.5. The van der Waals surface area contributed by atoms with Crippen molar-refractivity contribution >= 4 is 43.5 Å². The van der Waals surface area contributed by atoms with Gasteiger partial charge in [0.1, 0.15) is 11.2 Å². The van der Waals surface area contributed by atoms with Crippen molar-refractivity contribution in [1.82, 2.24) is 0 Å². The van der Waals surface area contributed by atoms with Crippen molar-refractivity contribution in [1.29, 1.82) is 0 Å². The molecule has 0 saturated heterocycles. The van der Waals surface area contributed by atoms with Crippen molar-refractivity contribution in [3.63, 3.8) is 0 Å². The lowest BCUT2D eigenvalue weighted by Crippen LogP contribution is -2.04. The standard InChI is InChI=1S/C44H36O/c1-4-28(2)29(3)30-23-25-31(26-24-30)42-36-16-5-7-18-38(36)43(39-19-8-6-17-37(39)42)33-14-11-13-32(27-33)34-20-12-21-40-35-15-9-10-22-41(35)45-44(34)40/h5-29H,4H2,1-3H3. The van der Waals surface area contributed by atoms with Crippen LogP contribution in [-0.2, 0) is 0 Å². The molecule has 1 heteroatoms. The van der Waals surface area contributed by atoms with Gasteiger partial charge in [-0.2, -0.15) is 0 Å². The van der Waals surface area contributed by atoms with Crippen LogP contribution in [0.3, 0.4) is 0 Å². The quantitative estimate of drug-likeness (QED) is 0.178. The molecule has 1 aromatic heterocycles. The van der Waals surface area contributed by atoms with Crippen LogP contribution in [0, 0.1) is 5.92 Å². The molecule has 0 spiro atoms. The Hall–Kier alpha value is -5.14. The summed E-state index contributed by atoms with van der Waals surface area (Å²) in [6.45, 7) is 6.99. The van der Waals surface area contributed by atoms with Crippen molar-refractivity contribution in [2.45, 2.75) is 33.1 Å². The van der Waals surface area contributed by atoms with Crippen molar-refractivity contribution in [2.75, 3.05) is 0 Å². The molecular weight excluding hydrogens is 544 g/mol. The maximum absolute atomic E-state index is 6.43. The van der Waals surface area contributed by atoms with Gasteiger partial charge in [-0.3, -0.25) is 0 Å². The highest BCUT2D eigenvalue weighted by Gasteiger charge is 2.19. The lowest BCUT2D eigenvalue weighted by Gasteiger charge is -2.20. The molecular formula is C44H36O. The molecule has 1 heterocycles.